The van der Waals surface area contributed by atoms with Gasteiger partial charge in [-0.2, -0.15) is 0 Å². The molecule has 0 amide bonds. The smallest absolute Gasteiger partial charge is 0.0192 e. The number of nitrogens with zero attached hydrogens (tertiary/aromatic N) is 1. The number of nitrogens with one attached hydrogen (secondary N) is 1. The van der Waals surface area contributed by atoms with Gasteiger partial charge in [-0.05, 0) is 44.7 Å². The summed E-state index contributed by atoms with van der Waals surface area (Å²) in [5.74, 6) is 1.73. The quantitative estimate of drug-likeness (QED) is 0.718. The van der Waals surface area contributed by atoms with Gasteiger partial charge in [0, 0.05) is 19.1 Å². The van der Waals surface area contributed by atoms with Gasteiger partial charge in [0.1, 0.15) is 0 Å². The Morgan fingerprint density at radius 3 is 2.62 bits per heavy atom. The van der Waals surface area contributed by atoms with E-state index in [1.807, 2.05) is 0 Å². The van der Waals surface area contributed by atoms with Gasteiger partial charge in [0.2, 0.25) is 0 Å². The molecule has 0 radical (unpaired) electrons. The van der Waals surface area contributed by atoms with E-state index in [4.69, 9.17) is 0 Å². The van der Waals surface area contributed by atoms with Crippen molar-refractivity contribution in [1.29, 1.82) is 0 Å². The molecule has 0 aliphatic carbocycles. The second kappa shape index (κ2) is 7.29. The second-order valence-corrected chi connectivity index (χ2v) is 5.84. The van der Waals surface area contributed by atoms with Crippen LogP contribution in [0, 0.1) is 11.8 Å². The zero-order valence-electron chi connectivity index (χ0n) is 11.6. The first-order valence-corrected chi connectivity index (χ1v) is 7.08. The van der Waals surface area contributed by atoms with Gasteiger partial charge >= 0.3 is 0 Å². The van der Waals surface area contributed by atoms with E-state index in [9.17, 15) is 0 Å². The molecule has 0 aromatic rings. The lowest BCUT2D eigenvalue weighted by Gasteiger charge is -2.25. The molecule has 2 heteroatoms. The lowest BCUT2D eigenvalue weighted by molar-refractivity contribution is 0.239. The van der Waals surface area contributed by atoms with Crippen LogP contribution in [0.1, 0.15) is 47.0 Å². The van der Waals surface area contributed by atoms with Crippen molar-refractivity contribution >= 4 is 0 Å². The van der Waals surface area contributed by atoms with Crippen molar-refractivity contribution in [2.45, 2.75) is 53.0 Å². The minimum atomic E-state index is 0.709. The molecular weight excluding hydrogens is 196 g/mol. The van der Waals surface area contributed by atoms with E-state index in [0.717, 1.165) is 24.9 Å². The van der Waals surface area contributed by atoms with Crippen molar-refractivity contribution in [2.75, 3.05) is 26.2 Å². The molecule has 1 aliphatic rings. The molecule has 0 spiro atoms. The molecule has 1 saturated heterocycles. The first kappa shape index (κ1) is 14.0. The van der Waals surface area contributed by atoms with Crippen LogP contribution in [0.2, 0.25) is 0 Å². The van der Waals surface area contributed by atoms with E-state index in [1.54, 1.807) is 0 Å². The highest BCUT2D eigenvalue weighted by Gasteiger charge is 2.24. The van der Waals surface area contributed by atoms with Crippen LogP contribution in [-0.4, -0.2) is 37.1 Å². The van der Waals surface area contributed by atoms with Gasteiger partial charge in [0.05, 0.1) is 0 Å². The molecule has 1 rings (SSSR count). The minimum absolute atomic E-state index is 0.709. The van der Waals surface area contributed by atoms with Crippen LogP contribution in [0.5, 0.6) is 0 Å². The van der Waals surface area contributed by atoms with Crippen molar-refractivity contribution < 1.29 is 0 Å². The molecular formula is C14H30N2. The van der Waals surface area contributed by atoms with Crippen molar-refractivity contribution in [1.82, 2.24) is 10.2 Å². The zero-order valence-corrected chi connectivity index (χ0v) is 11.6. The van der Waals surface area contributed by atoms with Crippen LogP contribution in [0.4, 0.5) is 0 Å². The van der Waals surface area contributed by atoms with Gasteiger partial charge in [-0.15, -0.1) is 0 Å². The fourth-order valence-electron chi connectivity index (χ4n) is 2.62. The van der Waals surface area contributed by atoms with Gasteiger partial charge in [-0.1, -0.05) is 27.2 Å². The Morgan fingerprint density at radius 1 is 1.25 bits per heavy atom. The lowest BCUT2D eigenvalue weighted by Crippen LogP contribution is -2.40. The molecule has 16 heavy (non-hydrogen) atoms. The maximum Gasteiger partial charge on any atom is 0.0192 e. The largest absolute Gasteiger partial charge is 0.315 e. The summed E-state index contributed by atoms with van der Waals surface area (Å²) >= 11 is 0. The van der Waals surface area contributed by atoms with Crippen LogP contribution in [0.3, 0.4) is 0 Å². The summed E-state index contributed by atoms with van der Waals surface area (Å²) in [6, 6.07) is 0.709. The first-order valence-electron chi connectivity index (χ1n) is 7.08. The van der Waals surface area contributed by atoms with Crippen LogP contribution in [0.15, 0.2) is 0 Å². The fourth-order valence-corrected chi connectivity index (χ4v) is 2.62. The van der Waals surface area contributed by atoms with Gasteiger partial charge in [-0.25, -0.2) is 0 Å². The standard InChI is InChI=1S/C14H30N2/c1-5-6-14-7-8-16(11-14)13(4)10-15-9-12(2)3/h12-15H,5-11H2,1-4H3. The molecule has 2 nitrogen and oxygen atoms in total. The van der Waals surface area contributed by atoms with Gasteiger partial charge < -0.3 is 5.32 Å². The Balaban J connectivity index is 2.15. The summed E-state index contributed by atoms with van der Waals surface area (Å²) in [7, 11) is 0. The Kier molecular flexibility index (Phi) is 6.37. The molecule has 2 unspecified atom stereocenters. The Hall–Kier alpha value is -0.0800. The molecule has 0 aromatic heterocycles. The third kappa shape index (κ3) is 4.84. The minimum Gasteiger partial charge on any atom is -0.315 e. The monoisotopic (exact) mass is 226 g/mol. The average Bonchev–Trinajstić information content (AvgIpc) is 2.66. The lowest BCUT2D eigenvalue weighted by atomic mass is 10.0. The normalized spacial score (nSPS) is 24.2. The molecule has 0 bridgehead atoms. The van der Waals surface area contributed by atoms with E-state index in [1.165, 1.54) is 32.4 Å². The van der Waals surface area contributed by atoms with E-state index < -0.39 is 0 Å². The predicted molar refractivity (Wildman–Crippen MR) is 71.8 cm³/mol. The molecule has 1 heterocycles. The topological polar surface area (TPSA) is 15.3 Å². The van der Waals surface area contributed by atoms with Crippen LogP contribution in [-0.2, 0) is 0 Å². The number of likely N-dealkylation sites (tertiary alicyclic amines) is 1. The van der Waals surface area contributed by atoms with Crippen molar-refractivity contribution in [3.05, 3.63) is 0 Å². The summed E-state index contributed by atoms with van der Waals surface area (Å²) in [5, 5.41) is 3.57. The van der Waals surface area contributed by atoms with Crippen molar-refractivity contribution in [3.63, 3.8) is 0 Å². The Labute approximate surface area is 102 Å². The van der Waals surface area contributed by atoms with E-state index in [0.29, 0.717) is 6.04 Å². The maximum absolute atomic E-state index is 3.57. The Morgan fingerprint density at radius 2 is 2.00 bits per heavy atom. The third-order valence-corrected chi connectivity index (χ3v) is 3.63. The molecule has 1 N–H and O–H groups in total. The zero-order chi connectivity index (χ0) is 12.0. The second-order valence-electron chi connectivity index (χ2n) is 5.84. The molecule has 1 fully saturated rings. The van der Waals surface area contributed by atoms with Gasteiger partial charge in [0.25, 0.3) is 0 Å². The van der Waals surface area contributed by atoms with Gasteiger partial charge in [-0.3, -0.25) is 4.90 Å². The Bertz CT molecular complexity index is 180. The molecule has 0 aromatic carbocycles. The van der Waals surface area contributed by atoms with Crippen molar-refractivity contribution in [3.8, 4) is 0 Å². The van der Waals surface area contributed by atoms with Crippen LogP contribution >= 0.6 is 0 Å². The fraction of sp³-hybridized carbons (Fsp3) is 1.00. The van der Waals surface area contributed by atoms with Crippen LogP contribution < -0.4 is 5.32 Å². The number of hydrogen-bond acceptors (Lipinski definition) is 2. The number of hydrogen-bond donors (Lipinski definition) is 1. The molecule has 2 atom stereocenters. The highest BCUT2D eigenvalue weighted by atomic mass is 15.2. The first-order chi connectivity index (χ1) is 7.63. The molecule has 0 saturated carbocycles. The van der Waals surface area contributed by atoms with Crippen molar-refractivity contribution in [2.24, 2.45) is 11.8 Å². The van der Waals surface area contributed by atoms with E-state index >= 15 is 0 Å². The summed E-state index contributed by atoms with van der Waals surface area (Å²) in [6.45, 7) is 14.1. The summed E-state index contributed by atoms with van der Waals surface area (Å²) in [6.07, 6.45) is 4.18. The maximum atomic E-state index is 3.57. The SMILES string of the molecule is CCCC1CCN(C(C)CNCC(C)C)C1. The summed E-state index contributed by atoms with van der Waals surface area (Å²) in [4.78, 5) is 2.66. The summed E-state index contributed by atoms with van der Waals surface area (Å²) < 4.78 is 0. The van der Waals surface area contributed by atoms with Gasteiger partial charge in [0.15, 0.2) is 0 Å². The number of rotatable bonds is 7. The predicted octanol–water partition coefficient (Wildman–Crippen LogP) is 2.74. The molecule has 1 aliphatic heterocycles. The third-order valence-electron chi connectivity index (χ3n) is 3.63. The average molecular weight is 226 g/mol. The molecule has 96 valence electrons. The van der Waals surface area contributed by atoms with Crippen LogP contribution in [0.25, 0.3) is 0 Å². The highest BCUT2D eigenvalue weighted by molar-refractivity contribution is 4.80. The van der Waals surface area contributed by atoms with E-state index in [-0.39, 0.29) is 0 Å². The highest BCUT2D eigenvalue weighted by Crippen LogP contribution is 2.22. The van der Waals surface area contributed by atoms with E-state index in [2.05, 4.69) is 37.9 Å². The summed E-state index contributed by atoms with van der Waals surface area (Å²) in [5.41, 5.74) is 0.